The van der Waals surface area contributed by atoms with Gasteiger partial charge in [-0.3, -0.25) is 9.59 Å². The van der Waals surface area contributed by atoms with Crippen molar-refractivity contribution >= 4 is 41.1 Å². The van der Waals surface area contributed by atoms with Crippen LogP contribution in [0.4, 0.5) is 0 Å². The summed E-state index contributed by atoms with van der Waals surface area (Å²) in [5, 5.41) is 8.93. The highest BCUT2D eigenvalue weighted by Gasteiger charge is 2.29. The molecule has 0 heterocycles. The van der Waals surface area contributed by atoms with E-state index in [4.69, 9.17) is 32.7 Å². The Morgan fingerprint density at radius 1 is 0.950 bits per heavy atom. The second-order valence-corrected chi connectivity index (χ2v) is 4.53. The number of rotatable bonds is 3. The van der Waals surface area contributed by atoms with Crippen LogP contribution in [0.15, 0.2) is 0 Å². The highest BCUT2D eigenvalue weighted by atomic mass is 35.5. The highest BCUT2D eigenvalue weighted by molar-refractivity contribution is 6.39. The highest BCUT2D eigenvalue weighted by Crippen LogP contribution is 2.44. The van der Waals surface area contributed by atoms with Crippen LogP contribution in [-0.2, 0) is 9.59 Å². The van der Waals surface area contributed by atoms with E-state index in [0.29, 0.717) is 0 Å². The van der Waals surface area contributed by atoms with Crippen molar-refractivity contribution < 1.29 is 29.0 Å². The number of carbonyl (C=O) groups excluding carboxylic acids is 2. The van der Waals surface area contributed by atoms with Crippen LogP contribution in [0.1, 0.15) is 29.8 Å². The second kappa shape index (κ2) is 6.11. The Balaban J connectivity index is 3.72. The minimum atomic E-state index is -1.50. The van der Waals surface area contributed by atoms with Crippen molar-refractivity contribution in [3.8, 4) is 11.5 Å². The fraction of sp³-hybridized carbons (Fsp3) is 0.250. The monoisotopic (exact) mass is 320 g/mol. The molecule has 0 aliphatic carbocycles. The fourth-order valence-electron chi connectivity index (χ4n) is 1.43. The molecule has 0 saturated heterocycles. The average molecular weight is 321 g/mol. The largest absolute Gasteiger partial charge is 0.477 e. The van der Waals surface area contributed by atoms with Gasteiger partial charge in [0.25, 0.3) is 0 Å². The third-order valence-electron chi connectivity index (χ3n) is 2.22. The van der Waals surface area contributed by atoms with Crippen LogP contribution in [0, 0.1) is 6.92 Å². The zero-order valence-electron chi connectivity index (χ0n) is 10.7. The predicted molar refractivity (Wildman–Crippen MR) is 70.8 cm³/mol. The van der Waals surface area contributed by atoms with Gasteiger partial charge >= 0.3 is 17.9 Å². The van der Waals surface area contributed by atoms with E-state index in [2.05, 4.69) is 0 Å². The van der Waals surface area contributed by atoms with Crippen molar-refractivity contribution in [2.24, 2.45) is 0 Å². The van der Waals surface area contributed by atoms with Crippen LogP contribution in [0.25, 0.3) is 0 Å². The first-order chi connectivity index (χ1) is 9.16. The summed E-state index contributed by atoms with van der Waals surface area (Å²) < 4.78 is 9.59. The van der Waals surface area contributed by atoms with Crippen molar-refractivity contribution in [1.29, 1.82) is 0 Å². The maximum Gasteiger partial charge on any atom is 0.343 e. The number of hydrogen-bond donors (Lipinski definition) is 1. The molecule has 8 heteroatoms. The van der Waals surface area contributed by atoms with Gasteiger partial charge in [-0.2, -0.15) is 0 Å². The van der Waals surface area contributed by atoms with E-state index in [1.807, 2.05) is 0 Å². The maximum atomic E-state index is 11.3. The van der Waals surface area contributed by atoms with E-state index in [9.17, 15) is 19.5 Å². The lowest BCUT2D eigenvalue weighted by atomic mass is 10.1. The van der Waals surface area contributed by atoms with E-state index in [-0.39, 0.29) is 15.6 Å². The van der Waals surface area contributed by atoms with E-state index >= 15 is 0 Å². The van der Waals surface area contributed by atoms with Gasteiger partial charge in [0, 0.05) is 13.8 Å². The Morgan fingerprint density at radius 2 is 1.30 bits per heavy atom. The van der Waals surface area contributed by atoms with Gasteiger partial charge in [-0.15, -0.1) is 0 Å². The van der Waals surface area contributed by atoms with Gasteiger partial charge in [0.05, 0.1) is 10.0 Å². The molecule has 0 unspecified atom stereocenters. The van der Waals surface area contributed by atoms with Crippen LogP contribution in [0.5, 0.6) is 11.5 Å². The molecule has 0 aliphatic heterocycles. The van der Waals surface area contributed by atoms with Crippen molar-refractivity contribution in [2.45, 2.75) is 20.8 Å². The first-order valence-corrected chi connectivity index (χ1v) is 6.04. The first kappa shape index (κ1) is 16.3. The first-order valence-electron chi connectivity index (χ1n) is 5.28. The maximum absolute atomic E-state index is 11.3. The zero-order valence-corrected chi connectivity index (χ0v) is 12.3. The molecule has 0 spiro atoms. The van der Waals surface area contributed by atoms with Crippen LogP contribution in [-0.4, -0.2) is 23.0 Å². The van der Waals surface area contributed by atoms with Crippen LogP contribution in [0.2, 0.25) is 10.0 Å². The van der Waals surface area contributed by atoms with E-state index in [0.717, 1.165) is 13.8 Å². The number of halogens is 2. The normalized spacial score (nSPS) is 10.1. The molecule has 0 amide bonds. The molecule has 1 N–H and O–H groups in total. The zero-order chi connectivity index (χ0) is 15.6. The van der Waals surface area contributed by atoms with Gasteiger partial charge in [-0.25, -0.2) is 4.79 Å². The molecule has 20 heavy (non-hydrogen) atoms. The molecule has 1 rings (SSSR count). The molecule has 0 aliphatic rings. The summed E-state index contributed by atoms with van der Waals surface area (Å²) in [6, 6.07) is 0. The van der Waals surface area contributed by atoms with Crippen molar-refractivity contribution in [2.75, 3.05) is 0 Å². The Kier molecular flexibility index (Phi) is 4.97. The number of esters is 2. The number of carbonyl (C=O) groups is 3. The van der Waals surface area contributed by atoms with Gasteiger partial charge < -0.3 is 14.6 Å². The Labute approximate surface area is 124 Å². The Morgan fingerprint density at radius 3 is 1.55 bits per heavy atom. The van der Waals surface area contributed by atoms with E-state index in [1.54, 1.807) is 0 Å². The average Bonchev–Trinajstić information content (AvgIpc) is 2.31. The van der Waals surface area contributed by atoms with Crippen molar-refractivity contribution in [3.63, 3.8) is 0 Å². The molecule has 0 atom stereocenters. The molecule has 108 valence electrons. The standard InChI is InChI=1S/C12H10Cl2O6/c1-4-8(13)10(19-5(2)15)7(12(17)18)11(9(4)14)20-6(3)16/h1-3H3,(H,17,18). The predicted octanol–water partition coefficient (Wildman–Crippen LogP) is 2.85. The number of carboxylic acid groups (broad SMARTS) is 1. The number of hydrogen-bond acceptors (Lipinski definition) is 5. The summed E-state index contributed by atoms with van der Waals surface area (Å²) in [7, 11) is 0. The van der Waals surface area contributed by atoms with Crippen molar-refractivity contribution in [3.05, 3.63) is 21.2 Å². The molecule has 0 aromatic heterocycles. The van der Waals surface area contributed by atoms with Crippen LogP contribution in [0.3, 0.4) is 0 Å². The fourth-order valence-corrected chi connectivity index (χ4v) is 1.94. The summed E-state index contributed by atoms with van der Waals surface area (Å²) in [6.45, 7) is 3.63. The summed E-state index contributed by atoms with van der Waals surface area (Å²) >= 11 is 11.9. The SMILES string of the molecule is CC(=O)Oc1c(Cl)c(C)c(Cl)c(OC(C)=O)c1C(=O)O. The smallest absolute Gasteiger partial charge is 0.343 e. The van der Waals surface area contributed by atoms with Crippen LogP contribution >= 0.6 is 23.2 Å². The van der Waals surface area contributed by atoms with Gasteiger partial charge in [0.2, 0.25) is 0 Å². The Bertz CT molecular complexity index is 565. The molecule has 6 nitrogen and oxygen atoms in total. The third kappa shape index (κ3) is 3.20. The number of ether oxygens (including phenoxy) is 2. The van der Waals surface area contributed by atoms with Gasteiger partial charge in [-0.05, 0) is 12.5 Å². The van der Waals surface area contributed by atoms with Gasteiger partial charge in [0.15, 0.2) is 11.5 Å². The van der Waals surface area contributed by atoms with E-state index < -0.39 is 35.0 Å². The third-order valence-corrected chi connectivity index (χ3v) is 3.13. The lowest BCUT2D eigenvalue weighted by Gasteiger charge is -2.16. The Hall–Kier alpha value is -1.79. The summed E-state index contributed by atoms with van der Waals surface area (Å²) in [6.07, 6.45) is 0. The lowest BCUT2D eigenvalue weighted by Crippen LogP contribution is -2.13. The topological polar surface area (TPSA) is 89.9 Å². The molecule has 1 aromatic carbocycles. The van der Waals surface area contributed by atoms with Gasteiger partial charge in [-0.1, -0.05) is 23.2 Å². The van der Waals surface area contributed by atoms with Crippen molar-refractivity contribution in [1.82, 2.24) is 0 Å². The van der Waals surface area contributed by atoms with Crippen LogP contribution < -0.4 is 9.47 Å². The summed E-state index contributed by atoms with van der Waals surface area (Å²) in [4.78, 5) is 33.4. The molecule has 0 saturated carbocycles. The number of benzene rings is 1. The molecule has 1 aromatic rings. The van der Waals surface area contributed by atoms with E-state index in [1.165, 1.54) is 6.92 Å². The van der Waals surface area contributed by atoms with Gasteiger partial charge in [0.1, 0.15) is 5.56 Å². The molecular weight excluding hydrogens is 311 g/mol. The second-order valence-electron chi connectivity index (χ2n) is 3.78. The molecular formula is C12H10Cl2O6. The minimum absolute atomic E-state index is 0.140. The summed E-state index contributed by atoms with van der Waals surface area (Å²) in [5.74, 6) is -3.87. The quantitative estimate of drug-likeness (QED) is 0.680. The lowest BCUT2D eigenvalue weighted by molar-refractivity contribution is -0.132. The summed E-state index contributed by atoms with van der Waals surface area (Å²) in [5.41, 5.74) is -0.359. The molecule has 0 radical (unpaired) electrons. The minimum Gasteiger partial charge on any atom is -0.477 e. The molecule has 0 fully saturated rings. The number of carboxylic acids is 1. The molecule has 0 bridgehead atoms. The number of aromatic carboxylic acids is 1.